The summed E-state index contributed by atoms with van der Waals surface area (Å²) in [5.41, 5.74) is 1.97. The van der Waals surface area contributed by atoms with Gasteiger partial charge in [0.2, 0.25) is 11.8 Å². The van der Waals surface area contributed by atoms with Crippen LogP contribution in [0, 0.1) is 6.92 Å². The van der Waals surface area contributed by atoms with Crippen molar-refractivity contribution in [3.8, 4) is 11.5 Å². The largest absolute Gasteiger partial charge is 0.421 e. The van der Waals surface area contributed by atoms with E-state index in [0.717, 1.165) is 37.1 Å². The first-order valence-electron chi connectivity index (χ1n) is 6.50. The lowest BCUT2D eigenvalue weighted by atomic mass is 10.1. The average molecular weight is 280 g/mol. The zero-order valence-corrected chi connectivity index (χ0v) is 12.0. The van der Waals surface area contributed by atoms with Gasteiger partial charge in [-0.2, -0.15) is 0 Å². The van der Waals surface area contributed by atoms with Crippen LogP contribution in [0.25, 0.3) is 11.5 Å². The van der Waals surface area contributed by atoms with Crippen LogP contribution >= 0.6 is 11.6 Å². The van der Waals surface area contributed by atoms with Crippen molar-refractivity contribution in [2.24, 2.45) is 0 Å². The maximum Gasteiger partial charge on any atom is 0.248 e. The van der Waals surface area contributed by atoms with Crippen molar-refractivity contribution >= 4 is 11.6 Å². The van der Waals surface area contributed by atoms with Crippen molar-refractivity contribution in [3.05, 3.63) is 34.7 Å². The fourth-order valence-corrected chi connectivity index (χ4v) is 1.96. The fraction of sp³-hybridized carbons (Fsp3) is 0.429. The average Bonchev–Trinajstić information content (AvgIpc) is 2.86. The van der Waals surface area contributed by atoms with E-state index in [1.165, 1.54) is 0 Å². The first kappa shape index (κ1) is 14.0. The van der Waals surface area contributed by atoms with Crippen LogP contribution in [0.1, 0.15) is 24.8 Å². The van der Waals surface area contributed by atoms with Gasteiger partial charge in [-0.3, -0.25) is 0 Å². The molecule has 2 rings (SSSR count). The summed E-state index contributed by atoms with van der Waals surface area (Å²) >= 11 is 5.99. The Labute approximate surface area is 118 Å². The highest BCUT2D eigenvalue weighted by molar-refractivity contribution is 6.30. The summed E-state index contributed by atoms with van der Waals surface area (Å²) in [4.78, 5) is 0. The predicted molar refractivity (Wildman–Crippen MR) is 76.3 cm³/mol. The molecule has 0 fully saturated rings. The Balaban J connectivity index is 2.06. The molecular weight excluding hydrogens is 262 g/mol. The summed E-state index contributed by atoms with van der Waals surface area (Å²) in [6.07, 6.45) is 1.86. The molecule has 0 radical (unpaired) electrons. The first-order chi connectivity index (χ1) is 9.20. The molecule has 0 unspecified atom stereocenters. The van der Waals surface area contributed by atoms with Gasteiger partial charge in [0, 0.05) is 23.6 Å². The van der Waals surface area contributed by atoms with E-state index in [1.807, 2.05) is 25.1 Å². The molecule has 102 valence electrons. The topological polar surface area (TPSA) is 51.0 Å². The number of hydrogen-bond donors (Lipinski definition) is 1. The molecule has 0 atom stereocenters. The molecule has 0 spiro atoms. The van der Waals surface area contributed by atoms with Crippen molar-refractivity contribution in [1.82, 2.24) is 15.5 Å². The zero-order chi connectivity index (χ0) is 13.7. The van der Waals surface area contributed by atoms with E-state index in [9.17, 15) is 0 Å². The summed E-state index contributed by atoms with van der Waals surface area (Å²) in [7, 11) is 0. The van der Waals surface area contributed by atoms with Crippen molar-refractivity contribution < 1.29 is 4.42 Å². The van der Waals surface area contributed by atoms with E-state index in [4.69, 9.17) is 16.0 Å². The molecule has 0 amide bonds. The number of rotatable bonds is 6. The Morgan fingerprint density at radius 1 is 1.26 bits per heavy atom. The normalized spacial score (nSPS) is 10.9. The van der Waals surface area contributed by atoms with Crippen LogP contribution in [0.2, 0.25) is 5.02 Å². The maximum atomic E-state index is 5.99. The van der Waals surface area contributed by atoms with E-state index >= 15 is 0 Å². The van der Waals surface area contributed by atoms with Crippen LogP contribution in [0.15, 0.2) is 22.6 Å². The molecule has 0 aliphatic carbocycles. The predicted octanol–water partition coefficient (Wildman–Crippen LogP) is 3.24. The molecule has 5 heteroatoms. The van der Waals surface area contributed by atoms with Crippen LogP contribution in [0.5, 0.6) is 0 Å². The number of benzene rings is 1. The standard InChI is InChI=1S/C14H18ClN3O/c1-3-7-16-8-6-13-17-18-14(19-13)12-9-11(15)5-4-10(12)2/h4-5,9,16H,3,6-8H2,1-2H3. The number of nitrogens with one attached hydrogen (secondary N) is 1. The van der Waals surface area contributed by atoms with E-state index in [0.29, 0.717) is 16.8 Å². The molecule has 1 aromatic heterocycles. The molecule has 0 saturated heterocycles. The molecule has 0 aliphatic heterocycles. The highest BCUT2D eigenvalue weighted by Gasteiger charge is 2.11. The minimum absolute atomic E-state index is 0.533. The van der Waals surface area contributed by atoms with Gasteiger partial charge in [0.15, 0.2) is 0 Å². The van der Waals surface area contributed by atoms with Crippen molar-refractivity contribution in [2.45, 2.75) is 26.7 Å². The number of halogens is 1. The Hall–Kier alpha value is -1.39. The number of hydrogen-bond acceptors (Lipinski definition) is 4. The molecule has 4 nitrogen and oxygen atoms in total. The Morgan fingerprint density at radius 2 is 2.11 bits per heavy atom. The molecule has 0 bridgehead atoms. The van der Waals surface area contributed by atoms with Gasteiger partial charge < -0.3 is 9.73 Å². The summed E-state index contributed by atoms with van der Waals surface area (Å²) in [6.45, 7) is 6.00. The lowest BCUT2D eigenvalue weighted by Gasteiger charge is -2.01. The fourth-order valence-electron chi connectivity index (χ4n) is 1.79. The van der Waals surface area contributed by atoms with E-state index in [-0.39, 0.29) is 0 Å². The molecule has 1 N–H and O–H groups in total. The second-order valence-electron chi connectivity index (χ2n) is 4.46. The lowest BCUT2D eigenvalue weighted by molar-refractivity contribution is 0.494. The van der Waals surface area contributed by atoms with Crippen LogP contribution in [-0.4, -0.2) is 23.3 Å². The Bertz CT molecular complexity index is 539. The van der Waals surface area contributed by atoms with E-state index in [2.05, 4.69) is 22.4 Å². The van der Waals surface area contributed by atoms with Gasteiger partial charge in [0.1, 0.15) is 0 Å². The molecule has 2 aromatic rings. The smallest absolute Gasteiger partial charge is 0.248 e. The molecule has 1 heterocycles. The van der Waals surface area contributed by atoms with Crippen molar-refractivity contribution in [3.63, 3.8) is 0 Å². The van der Waals surface area contributed by atoms with Crippen molar-refractivity contribution in [2.75, 3.05) is 13.1 Å². The molecular formula is C14H18ClN3O. The molecule has 1 aromatic carbocycles. The van der Waals surface area contributed by atoms with E-state index < -0.39 is 0 Å². The third-order valence-corrected chi connectivity index (χ3v) is 3.07. The lowest BCUT2D eigenvalue weighted by Crippen LogP contribution is -2.17. The third-order valence-electron chi connectivity index (χ3n) is 2.84. The highest BCUT2D eigenvalue weighted by Crippen LogP contribution is 2.25. The minimum atomic E-state index is 0.533. The maximum absolute atomic E-state index is 5.99. The Morgan fingerprint density at radius 3 is 2.89 bits per heavy atom. The SMILES string of the molecule is CCCNCCc1nnc(-c2cc(Cl)ccc2C)o1. The highest BCUT2D eigenvalue weighted by atomic mass is 35.5. The van der Waals surface area contributed by atoms with Gasteiger partial charge >= 0.3 is 0 Å². The summed E-state index contributed by atoms with van der Waals surface area (Å²) in [5, 5.41) is 12.1. The second kappa shape index (κ2) is 6.68. The van der Waals surface area contributed by atoms with Crippen LogP contribution in [0.3, 0.4) is 0 Å². The zero-order valence-electron chi connectivity index (χ0n) is 11.2. The van der Waals surface area contributed by atoms with Crippen LogP contribution < -0.4 is 5.32 Å². The van der Waals surface area contributed by atoms with Gasteiger partial charge in [-0.05, 0) is 37.6 Å². The third kappa shape index (κ3) is 3.78. The second-order valence-corrected chi connectivity index (χ2v) is 4.90. The van der Waals surface area contributed by atoms with Gasteiger partial charge in [-0.25, -0.2) is 0 Å². The van der Waals surface area contributed by atoms with Crippen LogP contribution in [0.4, 0.5) is 0 Å². The van der Waals surface area contributed by atoms with Gasteiger partial charge in [0.25, 0.3) is 0 Å². The number of aryl methyl sites for hydroxylation is 1. The number of nitrogens with zero attached hydrogens (tertiary/aromatic N) is 2. The molecule has 19 heavy (non-hydrogen) atoms. The minimum Gasteiger partial charge on any atom is -0.421 e. The monoisotopic (exact) mass is 279 g/mol. The van der Waals surface area contributed by atoms with E-state index in [1.54, 1.807) is 0 Å². The Kier molecular flexibility index (Phi) is 4.93. The van der Waals surface area contributed by atoms with Crippen molar-refractivity contribution in [1.29, 1.82) is 0 Å². The first-order valence-corrected chi connectivity index (χ1v) is 6.88. The summed E-state index contributed by atoms with van der Waals surface area (Å²) < 4.78 is 5.66. The number of aromatic nitrogens is 2. The quantitative estimate of drug-likeness (QED) is 0.825. The van der Waals surface area contributed by atoms with Gasteiger partial charge in [-0.1, -0.05) is 24.6 Å². The van der Waals surface area contributed by atoms with Gasteiger partial charge in [-0.15, -0.1) is 10.2 Å². The van der Waals surface area contributed by atoms with Crippen LogP contribution in [-0.2, 0) is 6.42 Å². The molecule has 0 aliphatic rings. The molecule has 0 saturated carbocycles. The van der Waals surface area contributed by atoms with Gasteiger partial charge in [0.05, 0.1) is 0 Å². The summed E-state index contributed by atoms with van der Waals surface area (Å²) in [6, 6.07) is 5.65. The summed E-state index contributed by atoms with van der Waals surface area (Å²) in [5.74, 6) is 1.18.